The number of fused-ring (bicyclic) bond motifs is 2. The molecule has 3 nitrogen and oxygen atoms in total. The first-order chi connectivity index (χ1) is 10.3. The fourth-order valence-corrected chi connectivity index (χ4v) is 4.66. The molecule has 1 N–H and O–H groups in total. The van der Waals surface area contributed by atoms with Gasteiger partial charge in [0.25, 0.3) is 0 Å². The van der Waals surface area contributed by atoms with E-state index in [4.69, 9.17) is 0 Å². The Bertz CT molecular complexity index is 439. The molecule has 3 rings (SSSR count). The van der Waals surface area contributed by atoms with Crippen LogP contribution in [-0.4, -0.2) is 22.1 Å². The molecule has 1 aromatic rings. The summed E-state index contributed by atoms with van der Waals surface area (Å²) in [6, 6.07) is 0.613. The van der Waals surface area contributed by atoms with Crippen LogP contribution in [-0.2, 0) is 13.0 Å². The van der Waals surface area contributed by atoms with Crippen molar-refractivity contribution in [1.29, 1.82) is 0 Å². The molecule has 0 radical (unpaired) electrons. The molecule has 2 aliphatic rings. The van der Waals surface area contributed by atoms with Crippen LogP contribution in [0.5, 0.6) is 0 Å². The first kappa shape index (κ1) is 15.1. The van der Waals surface area contributed by atoms with E-state index in [-0.39, 0.29) is 0 Å². The smallest absolute Gasteiger partial charge is 0.110 e. The van der Waals surface area contributed by atoms with Crippen molar-refractivity contribution in [2.24, 2.45) is 17.8 Å². The summed E-state index contributed by atoms with van der Waals surface area (Å²) in [5.74, 6) is 4.33. The van der Waals surface area contributed by atoms with Gasteiger partial charge in [-0.25, -0.2) is 4.98 Å². The Morgan fingerprint density at radius 3 is 2.90 bits per heavy atom. The normalized spacial score (nSPS) is 29.1. The van der Waals surface area contributed by atoms with Gasteiger partial charge in [-0.2, -0.15) is 0 Å². The molecule has 0 spiro atoms. The fraction of sp³-hybridized carbons (Fsp3) is 0.833. The molecule has 0 saturated heterocycles. The third-order valence-electron chi connectivity index (χ3n) is 5.73. The molecule has 0 aromatic carbocycles. The van der Waals surface area contributed by atoms with Crippen molar-refractivity contribution >= 4 is 0 Å². The van der Waals surface area contributed by atoms with E-state index < -0.39 is 0 Å². The van der Waals surface area contributed by atoms with E-state index in [1.54, 1.807) is 0 Å². The third-order valence-corrected chi connectivity index (χ3v) is 5.73. The SMILES string of the molecule is CCCNC(Cc1nccn1CC)CC1CC2CCC1C2. The fourth-order valence-electron chi connectivity index (χ4n) is 4.66. The first-order valence-electron chi connectivity index (χ1n) is 9.03. The summed E-state index contributed by atoms with van der Waals surface area (Å²) >= 11 is 0. The molecule has 118 valence electrons. The molecule has 21 heavy (non-hydrogen) atoms. The number of hydrogen-bond donors (Lipinski definition) is 1. The van der Waals surface area contributed by atoms with E-state index in [9.17, 15) is 0 Å². The average molecular weight is 289 g/mol. The average Bonchev–Trinajstić information content (AvgIpc) is 3.20. The largest absolute Gasteiger partial charge is 0.335 e. The van der Waals surface area contributed by atoms with Gasteiger partial charge in [-0.15, -0.1) is 0 Å². The molecule has 1 aromatic heterocycles. The minimum absolute atomic E-state index is 0.613. The van der Waals surface area contributed by atoms with Gasteiger partial charge in [0.2, 0.25) is 0 Å². The Labute approximate surface area is 129 Å². The van der Waals surface area contributed by atoms with Crippen molar-refractivity contribution in [1.82, 2.24) is 14.9 Å². The lowest BCUT2D eigenvalue weighted by molar-refractivity contribution is 0.274. The standard InChI is InChI=1S/C18H31N3/c1-3-7-19-17(13-18-20-8-9-21(18)4-2)12-16-11-14-5-6-15(16)10-14/h8-9,14-17,19H,3-7,10-13H2,1-2H3. The van der Waals surface area contributed by atoms with Crippen molar-refractivity contribution in [3.05, 3.63) is 18.2 Å². The summed E-state index contributed by atoms with van der Waals surface area (Å²) in [6.07, 6.45) is 13.8. The first-order valence-corrected chi connectivity index (χ1v) is 9.03. The summed E-state index contributed by atoms with van der Waals surface area (Å²) in [6.45, 7) is 6.63. The van der Waals surface area contributed by atoms with Gasteiger partial charge in [0.05, 0.1) is 0 Å². The number of rotatable bonds is 8. The molecule has 1 heterocycles. The summed E-state index contributed by atoms with van der Waals surface area (Å²) in [5.41, 5.74) is 0. The van der Waals surface area contributed by atoms with Crippen LogP contribution >= 0.6 is 0 Å². The van der Waals surface area contributed by atoms with Crippen LogP contribution in [0.1, 0.15) is 58.2 Å². The molecule has 2 bridgehead atoms. The molecular formula is C18H31N3. The predicted molar refractivity (Wildman–Crippen MR) is 87.2 cm³/mol. The zero-order valence-corrected chi connectivity index (χ0v) is 13.7. The molecular weight excluding hydrogens is 258 g/mol. The maximum Gasteiger partial charge on any atom is 0.110 e. The second-order valence-corrected chi connectivity index (χ2v) is 7.16. The number of nitrogens with zero attached hydrogens (tertiary/aromatic N) is 2. The Morgan fingerprint density at radius 2 is 2.24 bits per heavy atom. The van der Waals surface area contributed by atoms with E-state index >= 15 is 0 Å². The monoisotopic (exact) mass is 289 g/mol. The van der Waals surface area contributed by atoms with Crippen LogP contribution in [0, 0.1) is 17.8 Å². The highest BCUT2D eigenvalue weighted by atomic mass is 15.1. The van der Waals surface area contributed by atoms with Gasteiger partial charge in [0, 0.05) is 31.4 Å². The summed E-state index contributed by atoms with van der Waals surface area (Å²) < 4.78 is 2.29. The molecule has 3 heteroatoms. The number of aromatic nitrogens is 2. The van der Waals surface area contributed by atoms with Gasteiger partial charge in [0.15, 0.2) is 0 Å². The van der Waals surface area contributed by atoms with E-state index in [0.717, 1.165) is 37.3 Å². The van der Waals surface area contributed by atoms with E-state index in [2.05, 4.69) is 34.9 Å². The van der Waals surface area contributed by atoms with Crippen LogP contribution in [0.2, 0.25) is 0 Å². The highest BCUT2D eigenvalue weighted by Gasteiger charge is 2.40. The third kappa shape index (κ3) is 3.50. The number of nitrogens with one attached hydrogen (secondary N) is 1. The van der Waals surface area contributed by atoms with E-state index in [0.29, 0.717) is 6.04 Å². The van der Waals surface area contributed by atoms with Crippen molar-refractivity contribution < 1.29 is 0 Å². The summed E-state index contributed by atoms with van der Waals surface area (Å²) in [7, 11) is 0. The number of imidazole rings is 1. The molecule has 0 aliphatic heterocycles. The quantitative estimate of drug-likeness (QED) is 0.792. The van der Waals surface area contributed by atoms with Crippen molar-refractivity contribution in [3.63, 3.8) is 0 Å². The Hall–Kier alpha value is -0.830. The van der Waals surface area contributed by atoms with Crippen LogP contribution in [0.4, 0.5) is 0 Å². The minimum Gasteiger partial charge on any atom is -0.335 e. The highest BCUT2D eigenvalue weighted by molar-refractivity contribution is 4.98. The second kappa shape index (κ2) is 6.95. The Balaban J connectivity index is 1.60. The zero-order valence-electron chi connectivity index (χ0n) is 13.7. The summed E-state index contributed by atoms with van der Waals surface area (Å²) in [4.78, 5) is 4.58. The molecule has 2 aliphatic carbocycles. The zero-order chi connectivity index (χ0) is 14.7. The van der Waals surface area contributed by atoms with Gasteiger partial charge in [-0.1, -0.05) is 13.3 Å². The maximum atomic E-state index is 4.58. The lowest BCUT2D eigenvalue weighted by Crippen LogP contribution is -2.35. The molecule has 2 saturated carbocycles. The van der Waals surface area contributed by atoms with Crippen molar-refractivity contribution in [2.45, 2.75) is 71.4 Å². The lowest BCUT2D eigenvalue weighted by Gasteiger charge is -2.27. The lowest BCUT2D eigenvalue weighted by atomic mass is 9.83. The molecule has 2 fully saturated rings. The van der Waals surface area contributed by atoms with E-state index in [1.165, 1.54) is 44.3 Å². The second-order valence-electron chi connectivity index (χ2n) is 7.16. The van der Waals surface area contributed by atoms with Gasteiger partial charge in [-0.05, 0) is 63.3 Å². The number of hydrogen-bond acceptors (Lipinski definition) is 2. The van der Waals surface area contributed by atoms with Crippen molar-refractivity contribution in [3.8, 4) is 0 Å². The molecule has 4 unspecified atom stereocenters. The predicted octanol–water partition coefficient (Wildman–Crippen LogP) is 3.64. The maximum absolute atomic E-state index is 4.58. The van der Waals surface area contributed by atoms with Crippen LogP contribution in [0.15, 0.2) is 12.4 Å². The highest BCUT2D eigenvalue weighted by Crippen LogP contribution is 2.49. The molecule has 4 atom stereocenters. The van der Waals surface area contributed by atoms with Crippen LogP contribution < -0.4 is 5.32 Å². The van der Waals surface area contributed by atoms with Crippen molar-refractivity contribution in [2.75, 3.05) is 6.54 Å². The molecule has 0 amide bonds. The number of aryl methyl sites for hydroxylation is 1. The summed E-state index contributed by atoms with van der Waals surface area (Å²) in [5, 5.41) is 3.79. The van der Waals surface area contributed by atoms with Crippen LogP contribution in [0.25, 0.3) is 0 Å². The van der Waals surface area contributed by atoms with Gasteiger partial charge in [0.1, 0.15) is 5.82 Å². The van der Waals surface area contributed by atoms with Crippen LogP contribution in [0.3, 0.4) is 0 Å². The van der Waals surface area contributed by atoms with Gasteiger partial charge < -0.3 is 9.88 Å². The topological polar surface area (TPSA) is 29.9 Å². The Kier molecular flexibility index (Phi) is 4.99. The van der Waals surface area contributed by atoms with Gasteiger partial charge >= 0.3 is 0 Å². The van der Waals surface area contributed by atoms with E-state index in [1.807, 2.05) is 6.20 Å². The Morgan fingerprint density at radius 1 is 1.33 bits per heavy atom. The van der Waals surface area contributed by atoms with Gasteiger partial charge in [-0.3, -0.25) is 0 Å². The minimum atomic E-state index is 0.613.